The van der Waals surface area contributed by atoms with Crippen LogP contribution < -0.4 is 4.90 Å². The predicted octanol–water partition coefficient (Wildman–Crippen LogP) is 4.28. The molecule has 0 N–H and O–H groups in total. The van der Waals surface area contributed by atoms with Crippen LogP contribution in [0.1, 0.15) is 51.3 Å². The standard InChI is InChI=1S/C24H28N2O2/c1-16(27)25-15-18(14-17-10-6-9-13-21(17)25)22-19-11-7-8-12-20(19)23(2,3)24(4,5)26(22)28/h6-13,18H,14-15H2,1-5H3. The van der Waals surface area contributed by atoms with Gasteiger partial charge in [-0.05, 0) is 43.5 Å². The Kier molecular flexibility index (Phi) is 4.14. The molecule has 0 spiro atoms. The Bertz CT molecular complexity index is 988. The molecule has 2 aromatic rings. The molecule has 4 nitrogen and oxygen atoms in total. The maximum atomic E-state index is 13.7. The van der Waals surface area contributed by atoms with E-state index in [1.807, 2.05) is 49.1 Å². The van der Waals surface area contributed by atoms with Gasteiger partial charge in [0.1, 0.15) is 0 Å². The van der Waals surface area contributed by atoms with Crippen LogP contribution in [0.5, 0.6) is 0 Å². The third-order valence-corrected chi connectivity index (χ3v) is 7.05. The van der Waals surface area contributed by atoms with Crippen molar-refractivity contribution in [2.75, 3.05) is 11.4 Å². The summed E-state index contributed by atoms with van der Waals surface area (Å²) in [6.45, 7) is 10.5. The zero-order chi connectivity index (χ0) is 20.3. The molecule has 0 aromatic heterocycles. The first-order valence-electron chi connectivity index (χ1n) is 9.96. The first-order valence-corrected chi connectivity index (χ1v) is 9.96. The first-order chi connectivity index (χ1) is 13.2. The molecule has 2 heterocycles. The number of nitrogens with zero attached hydrogens (tertiary/aromatic N) is 2. The number of hydrogen-bond donors (Lipinski definition) is 0. The molecule has 0 radical (unpaired) electrons. The van der Waals surface area contributed by atoms with Crippen LogP contribution in [-0.2, 0) is 16.6 Å². The van der Waals surface area contributed by atoms with Gasteiger partial charge in [-0.1, -0.05) is 36.4 Å². The second-order valence-electron chi connectivity index (χ2n) is 9.07. The van der Waals surface area contributed by atoms with Crippen LogP contribution in [0.15, 0.2) is 48.5 Å². The zero-order valence-corrected chi connectivity index (χ0v) is 17.3. The smallest absolute Gasteiger partial charge is 0.223 e. The lowest BCUT2D eigenvalue weighted by Crippen LogP contribution is -2.57. The molecule has 2 aliphatic rings. The molecule has 1 unspecified atom stereocenters. The molecule has 1 amide bonds. The average molecular weight is 377 g/mol. The minimum absolute atomic E-state index is 0.0129. The highest BCUT2D eigenvalue weighted by Crippen LogP contribution is 2.44. The summed E-state index contributed by atoms with van der Waals surface area (Å²) in [6, 6.07) is 16.3. The summed E-state index contributed by atoms with van der Waals surface area (Å²) < 4.78 is 1.23. The molecule has 146 valence electrons. The van der Waals surface area contributed by atoms with Crippen molar-refractivity contribution in [3.8, 4) is 0 Å². The fraction of sp³-hybridized carbons (Fsp3) is 0.417. The van der Waals surface area contributed by atoms with Crippen LogP contribution in [0.25, 0.3) is 0 Å². The topological polar surface area (TPSA) is 46.4 Å². The number of anilines is 1. The summed E-state index contributed by atoms with van der Waals surface area (Å²) in [6.07, 6.45) is 0.763. The van der Waals surface area contributed by atoms with Gasteiger partial charge in [-0.3, -0.25) is 4.79 Å². The number of amides is 1. The normalized spacial score (nSPS) is 22.5. The van der Waals surface area contributed by atoms with Gasteiger partial charge in [-0.15, -0.1) is 0 Å². The lowest BCUT2D eigenvalue weighted by atomic mass is 9.64. The van der Waals surface area contributed by atoms with Crippen LogP contribution in [0.2, 0.25) is 0 Å². The largest absolute Gasteiger partial charge is 0.623 e. The van der Waals surface area contributed by atoms with Crippen molar-refractivity contribution in [1.29, 1.82) is 0 Å². The number of benzene rings is 2. The van der Waals surface area contributed by atoms with E-state index in [1.54, 1.807) is 6.92 Å². The molecule has 0 saturated heterocycles. The molecule has 1 atom stereocenters. The fourth-order valence-electron chi connectivity index (χ4n) is 4.71. The number of carbonyl (C=O) groups excluding carboxylic acids is 1. The second kappa shape index (κ2) is 6.20. The van der Waals surface area contributed by atoms with Crippen molar-refractivity contribution in [3.05, 3.63) is 70.4 Å². The third kappa shape index (κ3) is 2.50. The molecule has 28 heavy (non-hydrogen) atoms. The van der Waals surface area contributed by atoms with Gasteiger partial charge in [0, 0.05) is 38.6 Å². The summed E-state index contributed by atoms with van der Waals surface area (Å²) >= 11 is 0. The number of hydroxylamine groups is 1. The van der Waals surface area contributed by atoms with E-state index in [0.717, 1.165) is 28.9 Å². The Labute approximate surface area is 167 Å². The lowest BCUT2D eigenvalue weighted by molar-refractivity contribution is -0.558. The van der Waals surface area contributed by atoms with Crippen LogP contribution in [0.3, 0.4) is 0 Å². The highest BCUT2D eigenvalue weighted by Gasteiger charge is 2.53. The number of carbonyl (C=O) groups is 1. The minimum Gasteiger partial charge on any atom is -0.623 e. The molecule has 0 bridgehead atoms. The van der Waals surface area contributed by atoms with Gasteiger partial charge in [-0.25, -0.2) is 4.74 Å². The zero-order valence-electron chi connectivity index (χ0n) is 17.3. The lowest BCUT2D eigenvalue weighted by Gasteiger charge is -2.46. The van der Waals surface area contributed by atoms with E-state index < -0.39 is 5.54 Å². The number of para-hydroxylation sites is 1. The van der Waals surface area contributed by atoms with Crippen LogP contribution in [-0.4, -0.2) is 28.4 Å². The maximum absolute atomic E-state index is 13.7. The Hall–Kier alpha value is -2.62. The van der Waals surface area contributed by atoms with Gasteiger partial charge in [-0.2, -0.15) is 0 Å². The summed E-state index contributed by atoms with van der Waals surface area (Å²) in [5.74, 6) is -0.0216. The van der Waals surface area contributed by atoms with Gasteiger partial charge in [0.15, 0.2) is 11.3 Å². The third-order valence-electron chi connectivity index (χ3n) is 7.05. The number of rotatable bonds is 1. The Morgan fingerprint density at radius 2 is 1.71 bits per heavy atom. The summed E-state index contributed by atoms with van der Waals surface area (Å²) in [5, 5.41) is 13.7. The Morgan fingerprint density at radius 1 is 1.07 bits per heavy atom. The molecular weight excluding hydrogens is 348 g/mol. The summed E-state index contributed by atoms with van der Waals surface area (Å²) in [5.41, 5.74) is 4.24. The van der Waals surface area contributed by atoms with Gasteiger partial charge >= 0.3 is 0 Å². The molecule has 2 aliphatic heterocycles. The van der Waals surface area contributed by atoms with Crippen LogP contribution in [0, 0.1) is 11.1 Å². The monoisotopic (exact) mass is 376 g/mol. The molecule has 0 aliphatic carbocycles. The van der Waals surface area contributed by atoms with Crippen molar-refractivity contribution < 1.29 is 9.53 Å². The van der Waals surface area contributed by atoms with Gasteiger partial charge < -0.3 is 10.1 Å². The van der Waals surface area contributed by atoms with E-state index in [9.17, 15) is 10.0 Å². The van der Waals surface area contributed by atoms with Gasteiger partial charge in [0.2, 0.25) is 5.91 Å². The highest BCUT2D eigenvalue weighted by molar-refractivity contribution is 6.03. The van der Waals surface area contributed by atoms with E-state index in [1.165, 1.54) is 10.3 Å². The van der Waals surface area contributed by atoms with E-state index in [0.29, 0.717) is 6.54 Å². The minimum atomic E-state index is -0.589. The highest BCUT2D eigenvalue weighted by atomic mass is 16.5. The molecule has 2 aromatic carbocycles. The van der Waals surface area contributed by atoms with Crippen molar-refractivity contribution in [2.24, 2.45) is 5.92 Å². The Balaban J connectivity index is 1.90. The SMILES string of the molecule is CC(=O)N1CC(C2=[N+]([O-])C(C)(C)C(C)(C)c3ccccc32)Cc2ccccc21. The predicted molar refractivity (Wildman–Crippen MR) is 113 cm³/mol. The van der Waals surface area contributed by atoms with E-state index in [2.05, 4.69) is 32.0 Å². The van der Waals surface area contributed by atoms with Crippen molar-refractivity contribution in [1.82, 2.24) is 0 Å². The maximum Gasteiger partial charge on any atom is 0.223 e. The Morgan fingerprint density at radius 3 is 2.43 bits per heavy atom. The molecular formula is C24H28N2O2. The number of hydrogen-bond acceptors (Lipinski definition) is 2. The second-order valence-corrected chi connectivity index (χ2v) is 9.07. The van der Waals surface area contributed by atoms with Crippen LogP contribution >= 0.6 is 0 Å². The molecule has 4 rings (SSSR count). The van der Waals surface area contributed by atoms with Gasteiger partial charge in [0.25, 0.3) is 0 Å². The quantitative estimate of drug-likeness (QED) is 0.551. The van der Waals surface area contributed by atoms with E-state index in [4.69, 9.17) is 0 Å². The molecule has 0 fully saturated rings. The van der Waals surface area contributed by atoms with Crippen molar-refractivity contribution in [2.45, 2.75) is 52.0 Å². The average Bonchev–Trinajstić information content (AvgIpc) is 2.66. The first kappa shape index (κ1) is 18.7. The van der Waals surface area contributed by atoms with Gasteiger partial charge in [0.05, 0.1) is 11.3 Å². The molecule has 4 heteroatoms. The van der Waals surface area contributed by atoms with Crippen LogP contribution in [0.4, 0.5) is 5.69 Å². The van der Waals surface area contributed by atoms with E-state index >= 15 is 0 Å². The van der Waals surface area contributed by atoms with Crippen molar-refractivity contribution in [3.63, 3.8) is 0 Å². The summed E-state index contributed by atoms with van der Waals surface area (Å²) in [7, 11) is 0. The van der Waals surface area contributed by atoms with E-state index in [-0.39, 0.29) is 17.2 Å². The molecule has 0 saturated carbocycles. The summed E-state index contributed by atoms with van der Waals surface area (Å²) in [4.78, 5) is 14.2. The van der Waals surface area contributed by atoms with Crippen molar-refractivity contribution >= 4 is 17.3 Å². The number of fused-ring (bicyclic) bond motifs is 2. The fourth-order valence-corrected chi connectivity index (χ4v) is 4.71.